The van der Waals surface area contributed by atoms with Gasteiger partial charge < -0.3 is 25.8 Å². The number of ether oxygens (including phenoxy) is 1. The third kappa shape index (κ3) is 10.5. The van der Waals surface area contributed by atoms with Crippen molar-refractivity contribution in [3.05, 3.63) is 159 Å². The van der Waals surface area contributed by atoms with E-state index in [0.717, 1.165) is 43.0 Å². The number of hydrogen-bond donors (Lipinski definition) is 4. The maximum absolute atomic E-state index is 11.5. The van der Waals surface area contributed by atoms with Crippen molar-refractivity contribution in [3.8, 4) is 0 Å². The molecule has 57 heavy (non-hydrogen) atoms. The molecule has 0 aliphatic heterocycles. The minimum Gasteiger partial charge on any atom is -0.478 e. The summed E-state index contributed by atoms with van der Waals surface area (Å²) >= 11 is 3.33. The lowest BCUT2D eigenvalue weighted by molar-refractivity contribution is 0.0524. The zero-order valence-electron chi connectivity index (χ0n) is 31.3. The Morgan fingerprint density at radius 2 is 0.860 bits per heavy atom. The number of nitrogens with one attached hydrogen (secondary N) is 3. The molecule has 3 aromatic carbocycles. The number of fused-ring (bicyclic) bond motifs is 3. The Kier molecular flexibility index (Phi) is 12.7. The van der Waals surface area contributed by atoms with Crippen molar-refractivity contribution < 1.29 is 19.4 Å². The Labute approximate surface area is 339 Å². The van der Waals surface area contributed by atoms with Gasteiger partial charge in [-0.15, -0.1) is 0 Å². The maximum Gasteiger partial charge on any atom is 0.341 e. The van der Waals surface area contributed by atoms with E-state index in [9.17, 15) is 9.59 Å². The standard InChI is InChI=1S/C16H17N3O2.C14H13N3O2.C13H12BrN3/c1-2-21-15(20)13-9-17-16(18-10-13)19-14-7-11-5-3-4-6-12(11)8-14;18-13(19)11-7-15-14(16-8-11)17-12-5-9-3-1-2-4-10(9)6-12;14-11-7-15-13(16-8-11)17-12-5-9-3-1-2-4-10(9)6-12/h3-6,9-10,14H,2,7-8H2,1H3,(H,17,18,19);1-4,7-8,12H,5-6H2,(H,18,19)(H,15,16,17);1-4,7-8,12H,5-6H2,(H,15,16,17). The van der Waals surface area contributed by atoms with Gasteiger partial charge in [0, 0.05) is 55.3 Å². The van der Waals surface area contributed by atoms with Gasteiger partial charge in [0.1, 0.15) is 0 Å². The summed E-state index contributed by atoms with van der Waals surface area (Å²) in [6.45, 7) is 2.12. The third-order valence-electron chi connectivity index (χ3n) is 9.83. The molecular weight excluding hydrogens is 786 g/mol. The normalized spacial score (nSPS) is 14.1. The first-order valence-corrected chi connectivity index (χ1v) is 19.6. The Morgan fingerprint density at radius 1 is 0.561 bits per heavy atom. The summed E-state index contributed by atoms with van der Waals surface area (Å²) in [7, 11) is 0. The number of carbonyl (C=O) groups excluding carboxylic acids is 1. The van der Waals surface area contributed by atoms with Gasteiger partial charge in [-0.3, -0.25) is 0 Å². The minimum absolute atomic E-state index is 0.0975. The fourth-order valence-corrected chi connectivity index (χ4v) is 7.36. The summed E-state index contributed by atoms with van der Waals surface area (Å²) < 4.78 is 5.80. The summed E-state index contributed by atoms with van der Waals surface area (Å²) in [6, 6.07) is 26.3. The molecule has 3 aliphatic rings. The molecule has 14 heteroatoms. The van der Waals surface area contributed by atoms with Crippen LogP contribution in [0.4, 0.5) is 17.8 Å². The van der Waals surface area contributed by atoms with Crippen LogP contribution in [-0.4, -0.2) is 71.7 Å². The number of anilines is 3. The van der Waals surface area contributed by atoms with Crippen LogP contribution in [0, 0.1) is 0 Å². The topological polar surface area (TPSA) is 177 Å². The Bertz CT molecular complexity index is 2220. The largest absolute Gasteiger partial charge is 0.478 e. The summed E-state index contributed by atoms with van der Waals surface area (Å²) in [5.74, 6) is 0.312. The first kappa shape index (κ1) is 39.0. The number of aromatic nitrogens is 6. The van der Waals surface area contributed by atoms with Gasteiger partial charge in [-0.2, -0.15) is 0 Å². The number of halogens is 1. The van der Waals surface area contributed by atoms with Gasteiger partial charge in [-0.25, -0.2) is 39.5 Å². The molecule has 9 rings (SSSR count). The number of carboxylic acid groups (broad SMARTS) is 1. The van der Waals surface area contributed by atoms with Gasteiger partial charge in [-0.05, 0) is 94.8 Å². The van der Waals surface area contributed by atoms with Crippen LogP contribution in [0.2, 0.25) is 0 Å². The number of rotatable bonds is 9. The Hall–Kier alpha value is -6.28. The van der Waals surface area contributed by atoms with Crippen LogP contribution in [0.5, 0.6) is 0 Å². The van der Waals surface area contributed by atoms with Crippen molar-refractivity contribution in [2.45, 2.75) is 63.6 Å². The summed E-state index contributed by atoms with van der Waals surface area (Å²) in [4.78, 5) is 47.1. The van der Waals surface area contributed by atoms with Crippen molar-refractivity contribution >= 4 is 45.7 Å². The lowest BCUT2D eigenvalue weighted by Gasteiger charge is -2.11. The highest BCUT2D eigenvalue weighted by Gasteiger charge is 2.23. The zero-order valence-corrected chi connectivity index (χ0v) is 32.9. The van der Waals surface area contributed by atoms with Crippen molar-refractivity contribution in [2.75, 3.05) is 22.6 Å². The molecule has 290 valence electrons. The average Bonchev–Trinajstić information content (AvgIpc) is 3.95. The molecule has 3 aromatic heterocycles. The van der Waals surface area contributed by atoms with E-state index in [1.165, 1.54) is 58.2 Å². The quantitative estimate of drug-likeness (QED) is 0.112. The van der Waals surface area contributed by atoms with E-state index in [1.807, 2.05) is 12.1 Å². The van der Waals surface area contributed by atoms with Crippen molar-refractivity contribution in [2.24, 2.45) is 0 Å². The van der Waals surface area contributed by atoms with E-state index in [2.05, 4.69) is 122 Å². The van der Waals surface area contributed by atoms with E-state index >= 15 is 0 Å². The average molecular weight is 829 g/mol. The fraction of sp³-hybridized carbons (Fsp3) is 0.256. The number of esters is 1. The molecule has 0 radical (unpaired) electrons. The van der Waals surface area contributed by atoms with Gasteiger partial charge in [0.15, 0.2) is 0 Å². The molecule has 4 N–H and O–H groups in total. The van der Waals surface area contributed by atoms with E-state index in [-0.39, 0.29) is 11.6 Å². The molecule has 13 nitrogen and oxygen atoms in total. The lowest BCUT2D eigenvalue weighted by atomic mass is 10.1. The molecule has 0 saturated carbocycles. The van der Waals surface area contributed by atoms with Crippen molar-refractivity contribution in [1.82, 2.24) is 29.9 Å². The monoisotopic (exact) mass is 827 g/mol. The molecule has 3 heterocycles. The molecule has 3 aliphatic carbocycles. The van der Waals surface area contributed by atoms with Gasteiger partial charge in [-0.1, -0.05) is 72.8 Å². The van der Waals surface area contributed by atoms with Crippen LogP contribution >= 0.6 is 15.9 Å². The summed E-state index contributed by atoms with van der Waals surface area (Å²) in [5, 5.41) is 18.7. The maximum atomic E-state index is 11.5. The van der Waals surface area contributed by atoms with Gasteiger partial charge >= 0.3 is 11.9 Å². The van der Waals surface area contributed by atoms with Crippen LogP contribution in [0.25, 0.3) is 0 Å². The summed E-state index contributed by atoms with van der Waals surface area (Å²) in [6.07, 6.45) is 15.1. The number of hydrogen-bond acceptors (Lipinski definition) is 12. The van der Waals surface area contributed by atoms with Crippen LogP contribution in [-0.2, 0) is 43.3 Å². The zero-order chi connectivity index (χ0) is 39.6. The molecule has 0 bridgehead atoms. The fourth-order valence-electron chi connectivity index (χ4n) is 7.15. The lowest BCUT2D eigenvalue weighted by Crippen LogP contribution is -2.21. The Morgan fingerprint density at radius 3 is 1.16 bits per heavy atom. The first-order chi connectivity index (χ1) is 27.8. The summed E-state index contributed by atoms with van der Waals surface area (Å²) in [5.41, 5.74) is 8.78. The minimum atomic E-state index is -1.01. The van der Waals surface area contributed by atoms with Crippen LogP contribution in [0.3, 0.4) is 0 Å². The van der Waals surface area contributed by atoms with E-state index in [1.54, 1.807) is 19.3 Å². The second-order valence-corrected chi connectivity index (χ2v) is 14.8. The second-order valence-electron chi connectivity index (χ2n) is 13.9. The molecule has 0 amide bonds. The number of nitrogens with zero attached hydrogens (tertiary/aromatic N) is 6. The number of aromatic carboxylic acids is 1. The molecule has 0 saturated heterocycles. The first-order valence-electron chi connectivity index (χ1n) is 18.8. The van der Waals surface area contributed by atoms with Gasteiger partial charge in [0.25, 0.3) is 0 Å². The van der Waals surface area contributed by atoms with Crippen molar-refractivity contribution in [3.63, 3.8) is 0 Å². The SMILES string of the molecule is Brc1cnc(NC2Cc3ccccc3C2)nc1.CCOC(=O)c1cnc(NC2Cc3ccccc3C2)nc1.O=C(O)c1cnc(NC2Cc3ccccc3C2)nc1. The van der Waals surface area contributed by atoms with Crippen molar-refractivity contribution in [1.29, 1.82) is 0 Å². The molecule has 0 fully saturated rings. The van der Waals surface area contributed by atoms with Crippen LogP contribution < -0.4 is 16.0 Å². The number of carbonyl (C=O) groups is 2. The highest BCUT2D eigenvalue weighted by Crippen LogP contribution is 2.26. The number of carboxylic acids is 1. The van der Waals surface area contributed by atoms with E-state index in [0.29, 0.717) is 42.1 Å². The molecule has 0 spiro atoms. The predicted octanol–water partition coefficient (Wildman–Crippen LogP) is 6.81. The smallest absolute Gasteiger partial charge is 0.341 e. The predicted molar refractivity (Wildman–Crippen MR) is 220 cm³/mol. The highest BCUT2D eigenvalue weighted by atomic mass is 79.9. The van der Waals surface area contributed by atoms with E-state index in [4.69, 9.17) is 9.84 Å². The van der Waals surface area contributed by atoms with Gasteiger partial charge in [0.2, 0.25) is 17.8 Å². The van der Waals surface area contributed by atoms with Crippen LogP contribution in [0.1, 0.15) is 61.0 Å². The molecule has 6 aromatic rings. The second kappa shape index (κ2) is 18.6. The third-order valence-corrected chi connectivity index (χ3v) is 10.2. The van der Waals surface area contributed by atoms with Crippen LogP contribution in [0.15, 0.2) is 114 Å². The number of benzene rings is 3. The molecule has 0 atom stereocenters. The molecular formula is C43H42BrN9O4. The highest BCUT2D eigenvalue weighted by molar-refractivity contribution is 9.10. The van der Waals surface area contributed by atoms with Gasteiger partial charge in [0.05, 0.1) is 22.2 Å². The van der Waals surface area contributed by atoms with E-state index < -0.39 is 11.9 Å². The molecule has 0 unspecified atom stereocenters. The Balaban J connectivity index is 0.000000131.